The molecule has 2 aromatic rings. The van der Waals surface area contributed by atoms with Crippen LogP contribution < -0.4 is 11.1 Å². The van der Waals surface area contributed by atoms with Gasteiger partial charge in [-0.05, 0) is 18.2 Å². The number of hydrogen-bond donors (Lipinski definition) is 2. The van der Waals surface area contributed by atoms with Crippen LogP contribution in [0.25, 0.3) is 10.2 Å². The van der Waals surface area contributed by atoms with Gasteiger partial charge in [-0.3, -0.25) is 0 Å². The highest BCUT2D eigenvalue weighted by atomic mass is 32.1. The van der Waals surface area contributed by atoms with E-state index in [2.05, 4.69) is 10.3 Å². The molecular formula is C12H17N3O2S. The summed E-state index contributed by atoms with van der Waals surface area (Å²) in [6.07, 6.45) is 0.0204. The Bertz CT molecular complexity index is 515. The van der Waals surface area contributed by atoms with Gasteiger partial charge in [0.2, 0.25) is 0 Å². The number of nitrogens with two attached hydrogens (primary N) is 1. The van der Waals surface area contributed by atoms with Crippen LogP contribution in [0.15, 0.2) is 18.2 Å². The van der Waals surface area contributed by atoms with Gasteiger partial charge < -0.3 is 20.5 Å². The van der Waals surface area contributed by atoms with Crippen molar-refractivity contribution >= 4 is 32.4 Å². The molecule has 1 aromatic heterocycles. The third kappa shape index (κ3) is 3.10. The highest BCUT2D eigenvalue weighted by Gasteiger charge is 2.09. The van der Waals surface area contributed by atoms with Crippen LogP contribution in [0.5, 0.6) is 0 Å². The number of fused-ring (bicyclic) bond motifs is 1. The summed E-state index contributed by atoms with van der Waals surface area (Å²) in [6, 6.07) is 5.71. The number of nitrogens with one attached hydrogen (secondary N) is 1. The molecule has 0 spiro atoms. The predicted molar refractivity (Wildman–Crippen MR) is 75.2 cm³/mol. The molecular weight excluding hydrogens is 250 g/mol. The smallest absolute Gasteiger partial charge is 0.183 e. The highest BCUT2D eigenvalue weighted by molar-refractivity contribution is 7.22. The van der Waals surface area contributed by atoms with E-state index < -0.39 is 0 Å². The lowest BCUT2D eigenvalue weighted by Gasteiger charge is -2.14. The molecule has 0 saturated carbocycles. The molecule has 0 aliphatic heterocycles. The van der Waals surface area contributed by atoms with Crippen LogP contribution in [-0.4, -0.2) is 38.5 Å². The molecule has 2 rings (SSSR count). The number of thiazole rings is 1. The van der Waals surface area contributed by atoms with E-state index in [4.69, 9.17) is 15.2 Å². The van der Waals surface area contributed by atoms with Crippen molar-refractivity contribution in [2.45, 2.75) is 6.10 Å². The lowest BCUT2D eigenvalue weighted by Crippen LogP contribution is -2.26. The van der Waals surface area contributed by atoms with Crippen molar-refractivity contribution < 1.29 is 9.47 Å². The van der Waals surface area contributed by atoms with Gasteiger partial charge in [-0.25, -0.2) is 4.98 Å². The number of aromatic nitrogens is 1. The molecule has 0 saturated heterocycles. The van der Waals surface area contributed by atoms with Crippen LogP contribution in [0, 0.1) is 0 Å². The van der Waals surface area contributed by atoms with Crippen LogP contribution in [0.4, 0.5) is 10.8 Å². The number of ether oxygens (including phenoxy) is 2. The minimum Gasteiger partial charge on any atom is -0.399 e. The van der Waals surface area contributed by atoms with Crippen molar-refractivity contribution in [2.24, 2.45) is 0 Å². The molecule has 98 valence electrons. The molecule has 1 heterocycles. The van der Waals surface area contributed by atoms with Gasteiger partial charge in [-0.1, -0.05) is 11.3 Å². The fourth-order valence-corrected chi connectivity index (χ4v) is 2.54. The maximum Gasteiger partial charge on any atom is 0.183 e. The number of benzene rings is 1. The Morgan fingerprint density at radius 2 is 2.28 bits per heavy atom. The van der Waals surface area contributed by atoms with Gasteiger partial charge in [0.25, 0.3) is 0 Å². The van der Waals surface area contributed by atoms with E-state index in [1.807, 2.05) is 18.2 Å². The number of nitrogens with zero attached hydrogens (tertiary/aromatic N) is 1. The van der Waals surface area contributed by atoms with Crippen LogP contribution in [0.3, 0.4) is 0 Å². The number of nitrogen functional groups attached to an aromatic ring is 1. The fourth-order valence-electron chi connectivity index (χ4n) is 1.61. The molecule has 0 aliphatic carbocycles. The fraction of sp³-hybridized carbons (Fsp3) is 0.417. The Morgan fingerprint density at radius 3 is 3.00 bits per heavy atom. The average molecular weight is 267 g/mol. The molecule has 1 unspecified atom stereocenters. The van der Waals surface area contributed by atoms with Gasteiger partial charge in [0.15, 0.2) is 5.13 Å². The van der Waals surface area contributed by atoms with E-state index in [1.54, 1.807) is 25.6 Å². The zero-order chi connectivity index (χ0) is 13.0. The van der Waals surface area contributed by atoms with Gasteiger partial charge in [-0.2, -0.15) is 0 Å². The van der Waals surface area contributed by atoms with Crippen LogP contribution in [0.2, 0.25) is 0 Å². The minimum absolute atomic E-state index is 0.0204. The Balaban J connectivity index is 2.03. The zero-order valence-electron chi connectivity index (χ0n) is 10.5. The molecule has 5 nitrogen and oxygen atoms in total. The van der Waals surface area contributed by atoms with Crippen molar-refractivity contribution in [1.29, 1.82) is 0 Å². The Hall–Kier alpha value is -1.37. The molecule has 1 atom stereocenters. The molecule has 0 amide bonds. The van der Waals surface area contributed by atoms with Gasteiger partial charge in [0.05, 0.1) is 22.9 Å². The van der Waals surface area contributed by atoms with Crippen LogP contribution >= 0.6 is 11.3 Å². The van der Waals surface area contributed by atoms with E-state index in [0.29, 0.717) is 13.2 Å². The summed E-state index contributed by atoms with van der Waals surface area (Å²) in [5.74, 6) is 0. The molecule has 0 radical (unpaired) electrons. The molecule has 18 heavy (non-hydrogen) atoms. The SMILES string of the molecule is COCC(CNc1nc2ccc(N)cc2s1)OC. The molecule has 3 N–H and O–H groups in total. The van der Waals surface area contributed by atoms with Crippen molar-refractivity contribution in [1.82, 2.24) is 4.98 Å². The lowest BCUT2D eigenvalue weighted by molar-refractivity contribution is 0.0365. The maximum atomic E-state index is 5.74. The van der Waals surface area contributed by atoms with Gasteiger partial charge in [0, 0.05) is 26.5 Å². The minimum atomic E-state index is 0.0204. The van der Waals surface area contributed by atoms with Gasteiger partial charge in [-0.15, -0.1) is 0 Å². The lowest BCUT2D eigenvalue weighted by atomic mass is 10.3. The van der Waals surface area contributed by atoms with E-state index in [9.17, 15) is 0 Å². The number of hydrogen-bond acceptors (Lipinski definition) is 6. The Kier molecular flexibility index (Phi) is 4.35. The van der Waals surface area contributed by atoms with E-state index in [1.165, 1.54) is 0 Å². The Morgan fingerprint density at radius 1 is 1.44 bits per heavy atom. The molecule has 0 aliphatic rings. The first kappa shape index (κ1) is 13.1. The Labute approximate surface area is 110 Å². The number of rotatable bonds is 6. The third-order valence-electron chi connectivity index (χ3n) is 2.58. The quantitative estimate of drug-likeness (QED) is 0.783. The third-order valence-corrected chi connectivity index (χ3v) is 3.56. The molecule has 1 aromatic carbocycles. The normalized spacial score (nSPS) is 12.8. The van der Waals surface area contributed by atoms with Gasteiger partial charge >= 0.3 is 0 Å². The molecule has 0 bridgehead atoms. The summed E-state index contributed by atoms with van der Waals surface area (Å²) in [5, 5.41) is 4.12. The molecule has 6 heteroatoms. The van der Waals surface area contributed by atoms with E-state index in [-0.39, 0.29) is 6.10 Å². The monoisotopic (exact) mass is 267 g/mol. The second-order valence-corrected chi connectivity index (χ2v) is 4.97. The average Bonchev–Trinajstić information content (AvgIpc) is 2.76. The van der Waals surface area contributed by atoms with E-state index >= 15 is 0 Å². The second kappa shape index (κ2) is 5.99. The van der Waals surface area contributed by atoms with Crippen LogP contribution in [0.1, 0.15) is 0 Å². The number of methoxy groups -OCH3 is 2. The number of anilines is 2. The largest absolute Gasteiger partial charge is 0.399 e. The standard InChI is InChI=1S/C12H17N3O2S/c1-16-7-9(17-2)6-14-12-15-10-4-3-8(13)5-11(10)18-12/h3-5,9H,6-7,13H2,1-2H3,(H,14,15). The second-order valence-electron chi connectivity index (χ2n) is 3.94. The van der Waals surface area contributed by atoms with E-state index in [0.717, 1.165) is 21.0 Å². The first-order valence-corrected chi connectivity index (χ1v) is 6.46. The summed E-state index contributed by atoms with van der Waals surface area (Å²) < 4.78 is 11.4. The molecule has 0 fully saturated rings. The van der Waals surface area contributed by atoms with Gasteiger partial charge in [0.1, 0.15) is 0 Å². The van der Waals surface area contributed by atoms with Crippen LogP contribution in [-0.2, 0) is 9.47 Å². The zero-order valence-corrected chi connectivity index (χ0v) is 11.3. The first-order valence-electron chi connectivity index (χ1n) is 5.64. The topological polar surface area (TPSA) is 69.4 Å². The van der Waals surface area contributed by atoms with Crippen molar-refractivity contribution in [3.63, 3.8) is 0 Å². The summed E-state index contributed by atoms with van der Waals surface area (Å²) >= 11 is 1.58. The predicted octanol–water partition coefficient (Wildman–Crippen LogP) is 1.95. The summed E-state index contributed by atoms with van der Waals surface area (Å²) in [6.45, 7) is 1.22. The van der Waals surface area contributed by atoms with Crippen molar-refractivity contribution in [3.05, 3.63) is 18.2 Å². The first-order chi connectivity index (χ1) is 8.72. The summed E-state index contributed by atoms with van der Waals surface area (Å²) in [4.78, 5) is 4.48. The highest BCUT2D eigenvalue weighted by Crippen LogP contribution is 2.27. The summed E-state index contributed by atoms with van der Waals surface area (Å²) in [5.41, 5.74) is 7.45. The van der Waals surface area contributed by atoms with Crippen molar-refractivity contribution in [2.75, 3.05) is 38.4 Å². The van der Waals surface area contributed by atoms with Crippen molar-refractivity contribution in [3.8, 4) is 0 Å². The maximum absolute atomic E-state index is 5.74. The summed E-state index contributed by atoms with van der Waals surface area (Å²) in [7, 11) is 3.33.